The van der Waals surface area contributed by atoms with Crippen molar-refractivity contribution < 1.29 is 4.92 Å². The van der Waals surface area contributed by atoms with Crippen molar-refractivity contribution in [3.63, 3.8) is 0 Å². The SMILES string of the molecule is CCCCCNc1nc(Cl)nc(C(C)C)c1[N+](=O)[O-]. The van der Waals surface area contributed by atoms with E-state index in [0.717, 1.165) is 19.3 Å². The number of nitrogens with zero attached hydrogens (tertiary/aromatic N) is 3. The van der Waals surface area contributed by atoms with Crippen LogP contribution in [0.2, 0.25) is 5.28 Å². The smallest absolute Gasteiger partial charge is 0.332 e. The van der Waals surface area contributed by atoms with E-state index in [0.29, 0.717) is 12.2 Å². The van der Waals surface area contributed by atoms with Crippen LogP contribution in [0.5, 0.6) is 0 Å². The summed E-state index contributed by atoms with van der Waals surface area (Å²) < 4.78 is 0. The summed E-state index contributed by atoms with van der Waals surface area (Å²) >= 11 is 5.83. The van der Waals surface area contributed by atoms with Crippen LogP contribution in [0, 0.1) is 10.1 Å². The molecule has 0 aliphatic heterocycles. The summed E-state index contributed by atoms with van der Waals surface area (Å²) in [6.07, 6.45) is 3.09. The molecule has 0 aromatic carbocycles. The molecule has 0 aliphatic rings. The van der Waals surface area contributed by atoms with Crippen LogP contribution in [-0.4, -0.2) is 21.4 Å². The van der Waals surface area contributed by atoms with Gasteiger partial charge in [0, 0.05) is 12.5 Å². The van der Waals surface area contributed by atoms with E-state index < -0.39 is 4.92 Å². The van der Waals surface area contributed by atoms with E-state index in [1.807, 2.05) is 13.8 Å². The first-order valence-corrected chi connectivity index (χ1v) is 6.80. The molecule has 0 bridgehead atoms. The molecule has 19 heavy (non-hydrogen) atoms. The highest BCUT2D eigenvalue weighted by molar-refractivity contribution is 6.28. The second-order valence-electron chi connectivity index (χ2n) is 4.62. The first-order chi connectivity index (χ1) is 8.97. The van der Waals surface area contributed by atoms with E-state index in [1.165, 1.54) is 0 Å². The van der Waals surface area contributed by atoms with Gasteiger partial charge >= 0.3 is 5.69 Å². The molecule has 7 heteroatoms. The molecule has 0 fully saturated rings. The summed E-state index contributed by atoms with van der Waals surface area (Å²) in [5.41, 5.74) is 0.291. The lowest BCUT2D eigenvalue weighted by atomic mass is 10.1. The molecule has 106 valence electrons. The van der Waals surface area contributed by atoms with Crippen molar-refractivity contribution in [2.75, 3.05) is 11.9 Å². The first kappa shape index (κ1) is 15.6. The van der Waals surface area contributed by atoms with E-state index >= 15 is 0 Å². The quantitative estimate of drug-likeness (QED) is 0.357. The molecule has 1 heterocycles. The molecule has 1 N–H and O–H groups in total. The molecule has 0 unspecified atom stereocenters. The second kappa shape index (κ2) is 7.23. The fourth-order valence-corrected chi connectivity index (χ4v) is 1.91. The van der Waals surface area contributed by atoms with Gasteiger partial charge in [-0.15, -0.1) is 0 Å². The van der Waals surface area contributed by atoms with Gasteiger partial charge in [-0.1, -0.05) is 33.6 Å². The number of halogens is 1. The van der Waals surface area contributed by atoms with Crippen LogP contribution in [-0.2, 0) is 0 Å². The Morgan fingerprint density at radius 3 is 2.58 bits per heavy atom. The van der Waals surface area contributed by atoms with Crippen LogP contribution >= 0.6 is 11.6 Å². The molecule has 1 aromatic heterocycles. The molecule has 0 spiro atoms. The Balaban J connectivity index is 3.03. The van der Waals surface area contributed by atoms with Crippen molar-refractivity contribution in [2.24, 2.45) is 0 Å². The van der Waals surface area contributed by atoms with E-state index in [1.54, 1.807) is 0 Å². The molecule has 0 atom stereocenters. The number of unbranched alkanes of at least 4 members (excludes halogenated alkanes) is 2. The number of nitrogens with one attached hydrogen (secondary N) is 1. The highest BCUT2D eigenvalue weighted by atomic mass is 35.5. The minimum atomic E-state index is -0.451. The molecule has 0 saturated carbocycles. The summed E-state index contributed by atoms with van der Waals surface area (Å²) in [6, 6.07) is 0. The van der Waals surface area contributed by atoms with Crippen molar-refractivity contribution in [3.05, 3.63) is 21.1 Å². The lowest BCUT2D eigenvalue weighted by molar-refractivity contribution is -0.385. The molecular weight excluding hydrogens is 268 g/mol. The summed E-state index contributed by atoms with van der Waals surface area (Å²) in [5, 5.41) is 14.2. The van der Waals surface area contributed by atoms with Gasteiger partial charge in [-0.2, -0.15) is 4.98 Å². The predicted molar refractivity (Wildman–Crippen MR) is 75.8 cm³/mol. The van der Waals surface area contributed by atoms with Crippen LogP contribution < -0.4 is 5.32 Å². The van der Waals surface area contributed by atoms with E-state index in [-0.39, 0.29) is 22.7 Å². The van der Waals surface area contributed by atoms with Crippen molar-refractivity contribution in [2.45, 2.75) is 46.0 Å². The third-order valence-corrected chi connectivity index (χ3v) is 2.85. The molecule has 0 aliphatic carbocycles. The Morgan fingerprint density at radius 2 is 2.05 bits per heavy atom. The molecule has 1 rings (SSSR count). The maximum absolute atomic E-state index is 11.2. The number of rotatable bonds is 7. The second-order valence-corrected chi connectivity index (χ2v) is 4.96. The van der Waals surface area contributed by atoms with Crippen molar-refractivity contribution in [1.29, 1.82) is 0 Å². The highest BCUT2D eigenvalue weighted by Crippen LogP contribution is 2.31. The topological polar surface area (TPSA) is 81.0 Å². The number of nitro groups is 1. The minimum Gasteiger partial charge on any atom is -0.364 e. The van der Waals surface area contributed by atoms with Crippen LogP contribution in [0.3, 0.4) is 0 Å². The van der Waals surface area contributed by atoms with Crippen molar-refractivity contribution >= 4 is 23.1 Å². The molecule has 0 amide bonds. The van der Waals surface area contributed by atoms with Gasteiger partial charge in [-0.05, 0) is 18.0 Å². The standard InChI is InChI=1S/C12H19ClN4O2/c1-4-5-6-7-14-11-10(17(18)19)9(8(2)3)15-12(13)16-11/h8H,4-7H2,1-3H3,(H,14,15,16). The zero-order valence-corrected chi connectivity index (χ0v) is 12.2. The molecule has 6 nitrogen and oxygen atoms in total. The summed E-state index contributed by atoms with van der Waals surface area (Å²) in [4.78, 5) is 18.6. The zero-order valence-electron chi connectivity index (χ0n) is 11.4. The van der Waals surface area contributed by atoms with Gasteiger partial charge in [0.25, 0.3) is 0 Å². The number of anilines is 1. The van der Waals surface area contributed by atoms with Crippen LogP contribution in [0.1, 0.15) is 51.6 Å². The van der Waals surface area contributed by atoms with Crippen molar-refractivity contribution in [1.82, 2.24) is 9.97 Å². The van der Waals surface area contributed by atoms with Crippen LogP contribution in [0.4, 0.5) is 11.5 Å². The Bertz CT molecular complexity index is 452. The van der Waals surface area contributed by atoms with E-state index in [4.69, 9.17) is 11.6 Å². The van der Waals surface area contributed by atoms with Gasteiger partial charge in [0.15, 0.2) is 0 Å². The molecule has 0 saturated heterocycles. The summed E-state index contributed by atoms with van der Waals surface area (Å²) in [5.74, 6) is 0.127. The van der Waals surface area contributed by atoms with E-state index in [2.05, 4.69) is 22.2 Å². The Hall–Kier alpha value is -1.43. The Morgan fingerprint density at radius 1 is 1.37 bits per heavy atom. The normalized spacial score (nSPS) is 10.8. The highest BCUT2D eigenvalue weighted by Gasteiger charge is 2.25. The Labute approximate surface area is 117 Å². The molecular formula is C12H19ClN4O2. The lowest BCUT2D eigenvalue weighted by Crippen LogP contribution is -2.11. The van der Waals surface area contributed by atoms with Gasteiger partial charge in [-0.3, -0.25) is 10.1 Å². The maximum atomic E-state index is 11.2. The predicted octanol–water partition coefficient (Wildman–Crippen LogP) is 3.76. The molecule has 1 aromatic rings. The zero-order chi connectivity index (χ0) is 14.4. The number of aromatic nitrogens is 2. The maximum Gasteiger partial charge on any atom is 0.332 e. The molecule has 0 radical (unpaired) electrons. The third kappa shape index (κ3) is 4.31. The summed E-state index contributed by atoms with van der Waals surface area (Å²) in [7, 11) is 0. The average molecular weight is 287 g/mol. The summed E-state index contributed by atoms with van der Waals surface area (Å²) in [6.45, 7) is 6.42. The monoisotopic (exact) mass is 286 g/mol. The van der Waals surface area contributed by atoms with Gasteiger partial charge in [0.05, 0.1) is 4.92 Å². The Kier molecular flexibility index (Phi) is 5.95. The fraction of sp³-hybridized carbons (Fsp3) is 0.667. The lowest BCUT2D eigenvalue weighted by Gasteiger charge is -2.11. The van der Waals surface area contributed by atoms with E-state index in [9.17, 15) is 10.1 Å². The largest absolute Gasteiger partial charge is 0.364 e. The van der Waals surface area contributed by atoms with Crippen LogP contribution in [0.15, 0.2) is 0 Å². The third-order valence-electron chi connectivity index (χ3n) is 2.69. The van der Waals surface area contributed by atoms with Gasteiger partial charge in [0.1, 0.15) is 5.69 Å². The number of hydrogen-bond donors (Lipinski definition) is 1. The minimum absolute atomic E-state index is 0.0345. The number of hydrogen-bond acceptors (Lipinski definition) is 5. The average Bonchev–Trinajstić information content (AvgIpc) is 2.33. The first-order valence-electron chi connectivity index (χ1n) is 6.43. The van der Waals surface area contributed by atoms with Gasteiger partial charge in [0.2, 0.25) is 11.1 Å². The van der Waals surface area contributed by atoms with Crippen molar-refractivity contribution in [3.8, 4) is 0 Å². The fourth-order valence-electron chi connectivity index (χ4n) is 1.73. The van der Waals surface area contributed by atoms with Gasteiger partial charge in [-0.25, -0.2) is 4.98 Å². The van der Waals surface area contributed by atoms with Crippen LogP contribution in [0.25, 0.3) is 0 Å². The van der Waals surface area contributed by atoms with Gasteiger partial charge < -0.3 is 5.32 Å².